The molecule has 0 aliphatic rings. The average Bonchev–Trinajstić information content (AvgIpc) is 2.62. The van der Waals surface area contributed by atoms with Gasteiger partial charge in [-0.15, -0.1) is 13.2 Å². The van der Waals surface area contributed by atoms with Gasteiger partial charge in [0, 0.05) is 5.69 Å². The topological polar surface area (TPSA) is 95.1 Å². The van der Waals surface area contributed by atoms with E-state index in [4.69, 9.17) is 0 Å². The largest absolute Gasteiger partial charge is 0.337 e. The maximum atomic E-state index is 12.5. The number of anilines is 1. The Morgan fingerprint density at radius 2 is 1.44 bits per heavy atom. The zero-order valence-corrected chi connectivity index (χ0v) is 15.4. The first-order valence-corrected chi connectivity index (χ1v) is 8.33. The highest BCUT2D eigenvalue weighted by Crippen LogP contribution is 2.13. The minimum absolute atomic E-state index is 0.0755. The van der Waals surface area contributed by atoms with E-state index in [0.29, 0.717) is 5.69 Å². The highest BCUT2D eigenvalue weighted by molar-refractivity contribution is 5.90. The number of benzene rings is 1. The second kappa shape index (κ2) is 8.31. The van der Waals surface area contributed by atoms with Gasteiger partial charge in [0.2, 0.25) is 5.91 Å². The average molecular weight is 370 g/mol. The number of allylic oxidation sites excluding steroid dienone is 2. The molecule has 1 heterocycles. The second-order valence-corrected chi connectivity index (χ2v) is 6.08. The fourth-order valence-corrected chi connectivity index (χ4v) is 2.55. The molecule has 8 nitrogen and oxygen atoms in total. The van der Waals surface area contributed by atoms with Crippen molar-refractivity contribution in [3.05, 3.63) is 86.1 Å². The lowest BCUT2D eigenvalue weighted by molar-refractivity contribution is -0.116. The molecule has 0 radical (unpaired) electrons. The van der Waals surface area contributed by atoms with E-state index in [2.05, 4.69) is 18.5 Å². The highest BCUT2D eigenvalue weighted by Gasteiger charge is 2.16. The molecule has 0 unspecified atom stereocenters. The van der Waals surface area contributed by atoms with Crippen LogP contribution in [0.2, 0.25) is 0 Å². The third-order valence-electron chi connectivity index (χ3n) is 4.10. The van der Waals surface area contributed by atoms with Crippen LogP contribution in [0.25, 0.3) is 0 Å². The van der Waals surface area contributed by atoms with Crippen LogP contribution >= 0.6 is 0 Å². The number of aryl methyl sites for hydroxylation is 2. The van der Waals surface area contributed by atoms with Crippen LogP contribution in [0.4, 0.5) is 5.69 Å². The smallest absolute Gasteiger partial charge is 0.325 e. The first-order chi connectivity index (χ1) is 12.8. The van der Waals surface area contributed by atoms with Crippen LogP contribution in [-0.2, 0) is 24.4 Å². The van der Waals surface area contributed by atoms with E-state index < -0.39 is 29.5 Å². The summed E-state index contributed by atoms with van der Waals surface area (Å²) in [5, 5.41) is 2.66. The molecule has 1 amide bonds. The summed E-state index contributed by atoms with van der Waals surface area (Å²) in [6.45, 7) is 10.2. The van der Waals surface area contributed by atoms with E-state index in [1.165, 1.54) is 12.2 Å². The summed E-state index contributed by atoms with van der Waals surface area (Å²) in [5.41, 5.74) is 0.143. The second-order valence-electron chi connectivity index (χ2n) is 6.08. The Morgan fingerprint density at radius 3 is 1.93 bits per heavy atom. The summed E-state index contributed by atoms with van der Waals surface area (Å²) in [6, 6.07) is 5.39. The molecule has 0 atom stereocenters. The lowest BCUT2D eigenvalue weighted by Gasteiger charge is -2.12. The Bertz CT molecular complexity index is 1020. The van der Waals surface area contributed by atoms with Gasteiger partial charge in [-0.3, -0.25) is 4.79 Å². The molecular weight excluding hydrogens is 348 g/mol. The molecule has 1 aromatic carbocycles. The Kier molecular flexibility index (Phi) is 6.12. The number of hydrogen-bond donors (Lipinski definition) is 1. The van der Waals surface area contributed by atoms with Crippen LogP contribution in [0.1, 0.15) is 11.1 Å². The predicted octanol–water partition coefficient (Wildman–Crippen LogP) is 0.799. The Labute approximate surface area is 155 Å². The third-order valence-corrected chi connectivity index (χ3v) is 4.10. The number of amides is 1. The van der Waals surface area contributed by atoms with Crippen molar-refractivity contribution in [3.63, 3.8) is 0 Å². The fourth-order valence-electron chi connectivity index (χ4n) is 2.55. The van der Waals surface area contributed by atoms with Gasteiger partial charge in [-0.05, 0) is 37.1 Å². The van der Waals surface area contributed by atoms with E-state index in [0.717, 1.165) is 24.8 Å². The van der Waals surface area contributed by atoms with Gasteiger partial charge in [0.1, 0.15) is 6.54 Å². The molecule has 8 heteroatoms. The molecule has 0 spiro atoms. The molecule has 0 saturated heterocycles. The zero-order chi connectivity index (χ0) is 20.1. The van der Waals surface area contributed by atoms with E-state index in [1.54, 1.807) is 12.1 Å². The minimum Gasteiger partial charge on any atom is -0.325 e. The predicted molar refractivity (Wildman–Crippen MR) is 104 cm³/mol. The van der Waals surface area contributed by atoms with Gasteiger partial charge in [0.05, 0.1) is 13.1 Å². The number of hydrogen-bond acceptors (Lipinski definition) is 4. The Balaban J connectivity index is 2.43. The number of carbonyl (C=O) groups is 1. The van der Waals surface area contributed by atoms with Crippen LogP contribution in [0.15, 0.2) is 57.9 Å². The molecule has 0 saturated carbocycles. The molecule has 1 N–H and O–H groups in total. The van der Waals surface area contributed by atoms with E-state index in [1.807, 2.05) is 19.9 Å². The van der Waals surface area contributed by atoms with Crippen molar-refractivity contribution in [1.29, 1.82) is 0 Å². The molecular formula is C19H22N4O4. The third kappa shape index (κ3) is 4.22. The van der Waals surface area contributed by atoms with Crippen molar-refractivity contribution in [2.45, 2.75) is 33.5 Å². The van der Waals surface area contributed by atoms with Gasteiger partial charge in [-0.2, -0.15) is 0 Å². The monoisotopic (exact) mass is 370 g/mol. The van der Waals surface area contributed by atoms with Crippen LogP contribution in [-0.4, -0.2) is 19.6 Å². The first-order valence-electron chi connectivity index (χ1n) is 8.33. The Hall–Kier alpha value is -3.42. The molecule has 0 bridgehead atoms. The van der Waals surface area contributed by atoms with Crippen LogP contribution in [0.5, 0.6) is 0 Å². The summed E-state index contributed by atoms with van der Waals surface area (Å²) in [6.07, 6.45) is 2.73. The molecule has 2 aromatic rings. The van der Waals surface area contributed by atoms with Gasteiger partial charge in [-0.25, -0.2) is 28.1 Å². The van der Waals surface area contributed by atoms with Crippen LogP contribution < -0.4 is 22.4 Å². The standard InChI is InChI=1S/C19H22N4O4/c1-5-9-21-17(25)22(10-6-2)19(27)23(18(21)26)12-16(24)20-15-8-7-13(3)14(4)11-15/h5-8,11H,1-2,9-10,12H2,3-4H3,(H,20,24). The van der Waals surface area contributed by atoms with E-state index in [9.17, 15) is 19.2 Å². The molecule has 27 heavy (non-hydrogen) atoms. The molecule has 0 aliphatic heterocycles. The molecule has 1 aromatic heterocycles. The molecule has 142 valence electrons. The quantitative estimate of drug-likeness (QED) is 0.730. The first kappa shape index (κ1) is 19.9. The lowest BCUT2D eigenvalue weighted by Crippen LogP contribution is -2.55. The van der Waals surface area contributed by atoms with Crippen molar-refractivity contribution in [2.24, 2.45) is 0 Å². The Morgan fingerprint density at radius 1 is 0.926 bits per heavy atom. The van der Waals surface area contributed by atoms with Crippen LogP contribution in [0.3, 0.4) is 0 Å². The molecule has 0 aliphatic carbocycles. The number of nitrogens with zero attached hydrogens (tertiary/aromatic N) is 3. The normalized spacial score (nSPS) is 10.4. The summed E-state index contributed by atoms with van der Waals surface area (Å²) >= 11 is 0. The number of rotatable bonds is 7. The van der Waals surface area contributed by atoms with Gasteiger partial charge < -0.3 is 5.32 Å². The SMILES string of the molecule is C=CCn1c(=O)n(CC=C)c(=O)n(CC(=O)Nc2ccc(C)c(C)c2)c1=O. The maximum Gasteiger partial charge on any atom is 0.337 e. The zero-order valence-electron chi connectivity index (χ0n) is 15.4. The number of carbonyl (C=O) groups excluding carboxylic acids is 1. The van der Waals surface area contributed by atoms with Gasteiger partial charge >= 0.3 is 17.1 Å². The van der Waals surface area contributed by atoms with E-state index in [-0.39, 0.29) is 13.1 Å². The van der Waals surface area contributed by atoms with Gasteiger partial charge in [-0.1, -0.05) is 18.2 Å². The number of aromatic nitrogens is 3. The van der Waals surface area contributed by atoms with Crippen molar-refractivity contribution < 1.29 is 4.79 Å². The number of nitrogens with one attached hydrogen (secondary N) is 1. The molecule has 0 fully saturated rings. The van der Waals surface area contributed by atoms with Crippen molar-refractivity contribution in [1.82, 2.24) is 13.7 Å². The van der Waals surface area contributed by atoms with Crippen molar-refractivity contribution in [3.8, 4) is 0 Å². The van der Waals surface area contributed by atoms with E-state index >= 15 is 0 Å². The lowest BCUT2D eigenvalue weighted by atomic mass is 10.1. The van der Waals surface area contributed by atoms with Crippen molar-refractivity contribution in [2.75, 3.05) is 5.32 Å². The maximum absolute atomic E-state index is 12.5. The summed E-state index contributed by atoms with van der Waals surface area (Å²) in [5.74, 6) is -0.550. The van der Waals surface area contributed by atoms with Gasteiger partial charge in [0.25, 0.3) is 0 Å². The fraction of sp³-hybridized carbons (Fsp3) is 0.263. The molecule has 2 rings (SSSR count). The van der Waals surface area contributed by atoms with Gasteiger partial charge in [0.15, 0.2) is 0 Å². The van der Waals surface area contributed by atoms with Crippen LogP contribution in [0, 0.1) is 13.8 Å². The summed E-state index contributed by atoms with van der Waals surface area (Å²) in [4.78, 5) is 49.7. The van der Waals surface area contributed by atoms with Crippen molar-refractivity contribution >= 4 is 11.6 Å². The highest BCUT2D eigenvalue weighted by atomic mass is 16.2. The summed E-state index contributed by atoms with van der Waals surface area (Å²) in [7, 11) is 0. The minimum atomic E-state index is -0.861. The summed E-state index contributed by atoms with van der Waals surface area (Å²) < 4.78 is 2.42.